The number of nitrogens with one attached hydrogen (secondary N) is 1. The molecular weight excluding hydrogens is 421 g/mol. The lowest BCUT2D eigenvalue weighted by Crippen LogP contribution is -2.39. The minimum absolute atomic E-state index is 0.273. The number of amides is 1. The molecule has 3 N–H and O–H groups in total. The zero-order chi connectivity index (χ0) is 20.3. The predicted molar refractivity (Wildman–Crippen MR) is 112 cm³/mol. The number of rotatable bonds is 7. The van der Waals surface area contributed by atoms with Gasteiger partial charge in [-0.15, -0.1) is 0 Å². The highest BCUT2D eigenvalue weighted by molar-refractivity contribution is 7.91. The number of halogens is 2. The van der Waals surface area contributed by atoms with Crippen LogP contribution in [-0.2, 0) is 27.1 Å². The molecule has 1 amide bonds. The molecule has 2 aromatic carbocycles. The summed E-state index contributed by atoms with van der Waals surface area (Å²) in [5, 5.41) is 0.742. The van der Waals surface area contributed by atoms with Crippen LogP contribution in [0, 0.1) is 0 Å². The molecule has 3 rings (SSSR count). The molecule has 0 saturated carbocycles. The summed E-state index contributed by atoms with van der Waals surface area (Å²) in [5.74, 6) is -0.627. The number of nitrogens with two attached hydrogens (primary N) is 1. The van der Waals surface area contributed by atoms with Gasteiger partial charge in [-0.05, 0) is 48.7 Å². The van der Waals surface area contributed by atoms with Gasteiger partial charge in [0.05, 0.1) is 17.5 Å². The molecule has 150 valence electrons. The Morgan fingerprint density at radius 1 is 1.18 bits per heavy atom. The molecule has 1 atom stereocenters. The van der Waals surface area contributed by atoms with Gasteiger partial charge in [-0.1, -0.05) is 47.5 Å². The highest BCUT2D eigenvalue weighted by Crippen LogP contribution is 2.26. The maximum Gasteiger partial charge on any atom is 0.236 e. The number of hydrogen-bond acceptors (Lipinski definition) is 4. The third-order valence-corrected chi connectivity index (χ3v) is 6.52. The third-order valence-electron chi connectivity index (χ3n) is 4.71. The molecule has 0 bridgehead atoms. The minimum Gasteiger partial charge on any atom is -0.368 e. The molecule has 0 aliphatic carbocycles. The quantitative estimate of drug-likeness (QED) is 0.688. The average molecular weight is 442 g/mol. The Bertz CT molecular complexity index is 982. The smallest absolute Gasteiger partial charge is 0.236 e. The van der Waals surface area contributed by atoms with Crippen molar-refractivity contribution in [2.75, 3.05) is 11.3 Å². The number of nitrogens with zero attached hydrogens (tertiary/aromatic N) is 1. The fourth-order valence-corrected chi connectivity index (χ4v) is 5.18. The molecule has 1 aliphatic heterocycles. The molecule has 1 saturated heterocycles. The number of primary amides is 1. The summed E-state index contributed by atoms with van der Waals surface area (Å²) < 4.78 is 28.0. The highest BCUT2D eigenvalue weighted by Gasteiger charge is 2.29. The van der Waals surface area contributed by atoms with Crippen molar-refractivity contribution in [2.24, 2.45) is 5.73 Å². The number of benzene rings is 2. The van der Waals surface area contributed by atoms with Gasteiger partial charge in [-0.2, -0.15) is 0 Å². The Balaban J connectivity index is 1.78. The van der Waals surface area contributed by atoms with Gasteiger partial charge in [0.15, 0.2) is 0 Å². The molecule has 1 heterocycles. The summed E-state index contributed by atoms with van der Waals surface area (Å²) in [6.45, 7) is 1.18. The van der Waals surface area contributed by atoms with Crippen molar-refractivity contribution in [3.63, 3.8) is 0 Å². The van der Waals surface area contributed by atoms with Crippen LogP contribution in [0.25, 0.3) is 0 Å². The third kappa shape index (κ3) is 5.17. The summed E-state index contributed by atoms with van der Waals surface area (Å²) >= 11 is 12.0. The second-order valence-electron chi connectivity index (χ2n) is 6.78. The van der Waals surface area contributed by atoms with Gasteiger partial charge < -0.3 is 5.73 Å². The summed E-state index contributed by atoms with van der Waals surface area (Å²) in [5.41, 5.74) is 7.19. The molecule has 0 unspecified atom stereocenters. The highest BCUT2D eigenvalue weighted by atomic mass is 35.5. The van der Waals surface area contributed by atoms with Gasteiger partial charge >= 0.3 is 0 Å². The van der Waals surface area contributed by atoms with E-state index in [4.69, 9.17) is 28.9 Å². The van der Waals surface area contributed by atoms with Crippen LogP contribution < -0.4 is 10.5 Å². The summed E-state index contributed by atoms with van der Waals surface area (Å²) in [7, 11) is -3.70. The fraction of sp³-hybridized carbons (Fsp3) is 0.316. The zero-order valence-corrected chi connectivity index (χ0v) is 17.4. The standard InChI is InChI=1S/C19H21Cl2N3O3S/c20-15-8-7-14(16(21)10-15)12-28(26,27)23-17-5-2-1-4-13(17)11-24-9-3-6-18(24)19(22)25/h1-2,4-5,7-8,10,18,23H,3,6,9,11-12H2,(H2,22,25)/t18-/m1/s1. The van der Waals surface area contributed by atoms with Crippen LogP contribution in [0.1, 0.15) is 24.0 Å². The van der Waals surface area contributed by atoms with E-state index in [2.05, 4.69) is 4.72 Å². The maximum atomic E-state index is 12.7. The average Bonchev–Trinajstić information content (AvgIpc) is 3.07. The van der Waals surface area contributed by atoms with Gasteiger partial charge in [-0.25, -0.2) is 8.42 Å². The Morgan fingerprint density at radius 3 is 2.64 bits per heavy atom. The number of anilines is 1. The molecule has 0 radical (unpaired) electrons. The van der Waals surface area contributed by atoms with Crippen LogP contribution in [0.3, 0.4) is 0 Å². The number of para-hydroxylation sites is 1. The first kappa shape index (κ1) is 20.9. The molecule has 1 aliphatic rings. The van der Waals surface area contributed by atoms with Crippen LogP contribution >= 0.6 is 23.2 Å². The molecule has 2 aromatic rings. The van der Waals surface area contributed by atoms with Crippen LogP contribution in [0.4, 0.5) is 5.69 Å². The number of likely N-dealkylation sites (tertiary alicyclic amines) is 1. The van der Waals surface area contributed by atoms with Crippen molar-refractivity contribution in [3.8, 4) is 0 Å². The minimum atomic E-state index is -3.70. The second kappa shape index (κ2) is 8.69. The number of sulfonamides is 1. The van der Waals surface area contributed by atoms with Crippen molar-refractivity contribution in [1.29, 1.82) is 0 Å². The molecule has 1 fully saturated rings. The lowest BCUT2D eigenvalue weighted by atomic mass is 10.1. The zero-order valence-electron chi connectivity index (χ0n) is 15.1. The number of carbonyl (C=O) groups is 1. The first-order chi connectivity index (χ1) is 13.2. The Kier molecular flexibility index (Phi) is 6.50. The van der Waals surface area contributed by atoms with Crippen LogP contribution in [0.15, 0.2) is 42.5 Å². The summed E-state index contributed by atoms with van der Waals surface area (Å²) in [6.07, 6.45) is 1.61. The first-order valence-electron chi connectivity index (χ1n) is 8.81. The van der Waals surface area contributed by atoms with Crippen LogP contribution in [0.5, 0.6) is 0 Å². The van der Waals surface area contributed by atoms with Gasteiger partial charge in [0, 0.05) is 16.6 Å². The van der Waals surface area contributed by atoms with Gasteiger partial charge in [0.2, 0.25) is 15.9 Å². The van der Waals surface area contributed by atoms with Crippen molar-refractivity contribution in [1.82, 2.24) is 4.90 Å². The SMILES string of the molecule is NC(=O)[C@H]1CCCN1Cc1ccccc1NS(=O)(=O)Cc1ccc(Cl)cc1Cl. The van der Waals surface area contributed by atoms with Crippen molar-refractivity contribution in [3.05, 3.63) is 63.6 Å². The van der Waals surface area contributed by atoms with E-state index in [1.807, 2.05) is 17.0 Å². The van der Waals surface area contributed by atoms with Crippen molar-refractivity contribution < 1.29 is 13.2 Å². The van der Waals surface area contributed by atoms with Crippen LogP contribution in [0.2, 0.25) is 10.0 Å². The predicted octanol–water partition coefficient (Wildman–Crippen LogP) is 3.39. The van der Waals surface area contributed by atoms with E-state index in [9.17, 15) is 13.2 Å². The molecule has 28 heavy (non-hydrogen) atoms. The van der Waals surface area contributed by atoms with Gasteiger partial charge in [0.1, 0.15) is 0 Å². The molecule has 9 heteroatoms. The second-order valence-corrected chi connectivity index (χ2v) is 9.35. The lowest BCUT2D eigenvalue weighted by molar-refractivity contribution is -0.122. The summed E-state index contributed by atoms with van der Waals surface area (Å²) in [6, 6.07) is 11.5. The molecule has 0 aromatic heterocycles. The van der Waals surface area contributed by atoms with E-state index in [0.717, 1.165) is 24.9 Å². The van der Waals surface area contributed by atoms with Crippen molar-refractivity contribution >= 4 is 44.8 Å². The van der Waals surface area contributed by atoms with E-state index in [0.29, 0.717) is 27.8 Å². The molecular formula is C19H21Cl2N3O3S. The monoisotopic (exact) mass is 441 g/mol. The first-order valence-corrected chi connectivity index (χ1v) is 11.2. The van der Waals surface area contributed by atoms with Crippen molar-refractivity contribution in [2.45, 2.75) is 31.2 Å². The topological polar surface area (TPSA) is 92.5 Å². The molecule has 0 spiro atoms. The van der Waals surface area contributed by atoms with Gasteiger partial charge in [0.25, 0.3) is 0 Å². The lowest BCUT2D eigenvalue weighted by Gasteiger charge is -2.23. The fourth-order valence-electron chi connectivity index (χ4n) is 3.36. The Labute approximate surface area is 174 Å². The maximum absolute atomic E-state index is 12.7. The van der Waals surface area contributed by atoms with E-state index >= 15 is 0 Å². The summed E-state index contributed by atoms with van der Waals surface area (Å²) in [4.78, 5) is 13.6. The Hall–Kier alpha value is -1.80. The largest absolute Gasteiger partial charge is 0.368 e. The normalized spacial score (nSPS) is 17.6. The van der Waals surface area contributed by atoms with E-state index in [-0.39, 0.29) is 17.7 Å². The number of carbonyl (C=O) groups excluding carboxylic acids is 1. The van der Waals surface area contributed by atoms with Crippen LogP contribution in [-0.4, -0.2) is 31.8 Å². The van der Waals surface area contributed by atoms with E-state index in [1.54, 1.807) is 24.3 Å². The molecule has 6 nitrogen and oxygen atoms in total. The van der Waals surface area contributed by atoms with E-state index in [1.165, 1.54) is 6.07 Å². The Morgan fingerprint density at radius 2 is 1.93 bits per heavy atom. The number of hydrogen-bond donors (Lipinski definition) is 2. The van der Waals surface area contributed by atoms with Gasteiger partial charge in [-0.3, -0.25) is 14.4 Å². The van der Waals surface area contributed by atoms with E-state index < -0.39 is 10.0 Å².